The zero-order valence-electron chi connectivity index (χ0n) is 52.9. The van der Waals surface area contributed by atoms with Crippen molar-refractivity contribution >= 4 is 35.8 Å². The first-order valence-corrected chi connectivity index (χ1v) is 32.1. The Labute approximate surface area is 518 Å². The molecule has 0 aromatic heterocycles. The van der Waals surface area contributed by atoms with Crippen LogP contribution in [0.3, 0.4) is 0 Å². The summed E-state index contributed by atoms with van der Waals surface area (Å²) in [6.07, 6.45) is 17.3. The molecule has 0 saturated heterocycles. The van der Waals surface area contributed by atoms with E-state index in [9.17, 15) is 33.9 Å². The second-order valence-electron chi connectivity index (χ2n) is 20.9. The average Bonchev–Trinajstić information content (AvgIpc) is 2.75. The van der Waals surface area contributed by atoms with Crippen LogP contribution >= 0.6 is 0 Å². The number of carbonyl (C=O) groups excluding carboxylic acids is 4. The van der Waals surface area contributed by atoms with Crippen LogP contribution in [-0.4, -0.2) is 217 Å². The van der Waals surface area contributed by atoms with Gasteiger partial charge in [-0.05, 0) is 31.2 Å². The van der Waals surface area contributed by atoms with E-state index in [0.717, 1.165) is 63.4 Å². The summed E-state index contributed by atoms with van der Waals surface area (Å²) in [5.41, 5.74) is -0.654. The van der Waals surface area contributed by atoms with E-state index in [1.807, 2.05) is 30.3 Å². The Morgan fingerprint density at radius 3 is 1.17 bits per heavy atom. The van der Waals surface area contributed by atoms with Gasteiger partial charge in [0.25, 0.3) is 0 Å². The number of nitrogens with one attached hydrogen (secondary N) is 4. The highest BCUT2D eigenvalue weighted by molar-refractivity contribution is 6.01. The normalized spacial score (nSPS) is 12.3. The number of ether oxygens (including phenoxy) is 12. The molecule has 0 spiro atoms. The molecule has 0 aliphatic carbocycles. The topological polar surface area (TPSA) is 302 Å². The lowest BCUT2D eigenvalue weighted by Crippen LogP contribution is -2.48. The molecule has 1 rings (SSSR count). The van der Waals surface area contributed by atoms with Crippen LogP contribution in [0.5, 0.6) is 0 Å². The fraction of sp³-hybridized carbons (Fsp3) is 0.810. The molecule has 0 aliphatic heterocycles. The molecule has 0 saturated carbocycles. The molecule has 1 unspecified atom stereocenters. The summed E-state index contributed by atoms with van der Waals surface area (Å²) in [7, 11) is 1.50. The third-order valence-electron chi connectivity index (χ3n) is 13.9. The van der Waals surface area contributed by atoms with Gasteiger partial charge >= 0.3 is 18.0 Å². The molecule has 24 nitrogen and oxygen atoms in total. The number of carboxylic acid groups (broad SMARTS) is 2. The Balaban J connectivity index is 1.95. The van der Waals surface area contributed by atoms with Gasteiger partial charge < -0.3 is 88.3 Å². The fourth-order valence-corrected chi connectivity index (χ4v) is 8.82. The molecule has 504 valence electrons. The molecule has 87 heavy (non-hydrogen) atoms. The average molecular weight is 1250 g/mol. The standard InChI is InChI=1S/C63H112N4O20/c1-3-4-5-6-7-9-12-15-21-28-63(61(73)74,29-22-16-13-10-8-11-14-20-25-58(69)70)60(72)66-31-33-77-35-37-79-39-41-81-43-45-83-47-49-85-51-53-86-52-50-84-48-46-82-44-42-80-40-38-78-36-34-76-32-30-65-59(71)56(26-27-57(68)64-2)67-62(75)87-54-55-23-18-17-19-24-55/h17-19,23-24,56H,3-16,20-22,25-54H2,1-2H3,(H,64,68)(H,65,71)(H,66,72)(H,67,75)(H,69,70)(H,73,74)/t56-,63?/m0/s1. The van der Waals surface area contributed by atoms with Crippen molar-refractivity contribution < 1.29 is 95.8 Å². The minimum absolute atomic E-state index is 0.0488. The van der Waals surface area contributed by atoms with Crippen molar-refractivity contribution in [2.45, 2.75) is 161 Å². The van der Waals surface area contributed by atoms with Gasteiger partial charge in [-0.25, -0.2) is 4.79 Å². The van der Waals surface area contributed by atoms with Gasteiger partial charge in [-0.1, -0.05) is 140 Å². The van der Waals surface area contributed by atoms with Crippen molar-refractivity contribution in [3.63, 3.8) is 0 Å². The zero-order valence-corrected chi connectivity index (χ0v) is 52.9. The largest absolute Gasteiger partial charge is 0.481 e. The van der Waals surface area contributed by atoms with Gasteiger partial charge in [0.2, 0.25) is 17.7 Å². The summed E-state index contributed by atoms with van der Waals surface area (Å²) in [4.78, 5) is 73.9. The van der Waals surface area contributed by atoms with E-state index in [4.69, 9.17) is 61.9 Å². The van der Waals surface area contributed by atoms with E-state index in [1.165, 1.54) is 39.2 Å². The number of unbranched alkanes of at least 4 members (excludes halogenated alkanes) is 15. The number of alkyl carbamates (subject to hydrolysis) is 1. The smallest absolute Gasteiger partial charge is 0.408 e. The van der Waals surface area contributed by atoms with Crippen LogP contribution in [0.1, 0.15) is 154 Å². The highest BCUT2D eigenvalue weighted by atomic mass is 16.6. The molecule has 0 heterocycles. The van der Waals surface area contributed by atoms with E-state index in [2.05, 4.69) is 28.2 Å². The number of benzene rings is 1. The van der Waals surface area contributed by atoms with E-state index in [-0.39, 0.29) is 58.1 Å². The van der Waals surface area contributed by atoms with Crippen molar-refractivity contribution in [1.29, 1.82) is 0 Å². The van der Waals surface area contributed by atoms with Crippen LogP contribution in [0.2, 0.25) is 0 Å². The number of hydrogen-bond acceptors (Lipinski definition) is 18. The quantitative estimate of drug-likeness (QED) is 0.0277. The third kappa shape index (κ3) is 49.9. The second-order valence-corrected chi connectivity index (χ2v) is 20.9. The lowest BCUT2D eigenvalue weighted by atomic mass is 9.76. The van der Waals surface area contributed by atoms with Crippen LogP contribution in [0.15, 0.2) is 30.3 Å². The molecular formula is C63H112N4O20. The molecule has 1 aromatic carbocycles. The Bertz CT molecular complexity index is 1810. The van der Waals surface area contributed by atoms with E-state index in [1.54, 1.807) is 0 Å². The molecule has 0 fully saturated rings. The van der Waals surface area contributed by atoms with Crippen LogP contribution in [0, 0.1) is 5.41 Å². The first kappa shape index (κ1) is 80.4. The summed E-state index contributed by atoms with van der Waals surface area (Å²) in [5, 5.41) is 29.9. The highest BCUT2D eigenvalue weighted by Gasteiger charge is 2.44. The number of carboxylic acids is 2. The Morgan fingerprint density at radius 2 is 0.805 bits per heavy atom. The van der Waals surface area contributed by atoms with Crippen LogP contribution < -0.4 is 21.3 Å². The Morgan fingerprint density at radius 1 is 0.448 bits per heavy atom. The predicted octanol–water partition coefficient (Wildman–Crippen LogP) is 7.20. The molecular weight excluding hydrogens is 1130 g/mol. The van der Waals surface area contributed by atoms with Crippen molar-refractivity contribution in [3.8, 4) is 0 Å². The number of rotatable bonds is 66. The maximum atomic E-state index is 13.5. The maximum absolute atomic E-state index is 13.5. The Hall–Kier alpha value is -4.60. The summed E-state index contributed by atoms with van der Waals surface area (Å²) in [6, 6.07) is 8.19. The number of aliphatic carboxylic acids is 2. The van der Waals surface area contributed by atoms with Crippen molar-refractivity contribution in [2.24, 2.45) is 5.41 Å². The SMILES string of the molecule is CCCCCCCCCCCC(CCCCCCCCCCC(=O)O)(C(=O)O)C(=O)NCCOCCOCCOCCOCCOCCOCCOCCOCCOCCOCCOCCNC(=O)[C@H](CCC(=O)NC)NC(=O)OCc1ccccc1. The molecule has 4 amide bonds. The minimum atomic E-state index is -1.46. The van der Waals surface area contributed by atoms with Gasteiger partial charge in [-0.2, -0.15) is 0 Å². The van der Waals surface area contributed by atoms with Gasteiger partial charge in [-0.15, -0.1) is 0 Å². The summed E-state index contributed by atoms with van der Waals surface area (Å²) in [5.74, 6) is -2.95. The third-order valence-corrected chi connectivity index (χ3v) is 13.9. The first-order valence-electron chi connectivity index (χ1n) is 32.1. The molecule has 2 atom stereocenters. The summed E-state index contributed by atoms with van der Waals surface area (Å²) < 4.78 is 66.3. The van der Waals surface area contributed by atoms with Gasteiger partial charge in [0.15, 0.2) is 0 Å². The monoisotopic (exact) mass is 1240 g/mol. The lowest BCUT2D eigenvalue weighted by molar-refractivity contribution is -0.157. The number of hydrogen-bond donors (Lipinski definition) is 6. The summed E-state index contributed by atoms with van der Waals surface area (Å²) in [6.45, 7) is 11.3. The number of amides is 4. The van der Waals surface area contributed by atoms with Gasteiger partial charge in [-0.3, -0.25) is 24.0 Å². The van der Waals surface area contributed by atoms with E-state index >= 15 is 0 Å². The van der Waals surface area contributed by atoms with Crippen molar-refractivity contribution in [1.82, 2.24) is 21.3 Å². The Kier molecular flexibility index (Phi) is 55.8. The van der Waals surface area contributed by atoms with E-state index in [0.29, 0.717) is 164 Å². The molecule has 1 aromatic rings. The van der Waals surface area contributed by atoms with Crippen LogP contribution in [-0.2, 0) is 87.4 Å². The van der Waals surface area contributed by atoms with Crippen molar-refractivity contribution in [3.05, 3.63) is 35.9 Å². The zero-order chi connectivity index (χ0) is 63.2. The second kappa shape index (κ2) is 60.3. The highest BCUT2D eigenvalue weighted by Crippen LogP contribution is 2.33. The van der Waals surface area contributed by atoms with Crippen LogP contribution in [0.4, 0.5) is 4.79 Å². The fourth-order valence-electron chi connectivity index (χ4n) is 8.82. The molecule has 0 radical (unpaired) electrons. The van der Waals surface area contributed by atoms with Crippen molar-refractivity contribution in [2.75, 3.05) is 165 Å². The molecule has 6 N–H and O–H groups in total. The lowest BCUT2D eigenvalue weighted by Gasteiger charge is -2.28. The number of carbonyl (C=O) groups is 6. The first-order chi connectivity index (χ1) is 42.5. The van der Waals surface area contributed by atoms with Crippen LogP contribution in [0.25, 0.3) is 0 Å². The molecule has 24 heteroatoms. The van der Waals surface area contributed by atoms with Gasteiger partial charge in [0.1, 0.15) is 18.1 Å². The van der Waals surface area contributed by atoms with Gasteiger partial charge in [0.05, 0.1) is 145 Å². The van der Waals surface area contributed by atoms with Gasteiger partial charge in [0, 0.05) is 33.0 Å². The summed E-state index contributed by atoms with van der Waals surface area (Å²) >= 11 is 0. The minimum Gasteiger partial charge on any atom is -0.481 e. The molecule has 0 aliphatic rings. The molecule has 0 bridgehead atoms. The van der Waals surface area contributed by atoms with E-state index < -0.39 is 41.3 Å². The maximum Gasteiger partial charge on any atom is 0.408 e. The predicted molar refractivity (Wildman–Crippen MR) is 328 cm³/mol.